The van der Waals surface area contributed by atoms with Crippen molar-refractivity contribution >= 4 is 35.5 Å². The van der Waals surface area contributed by atoms with Gasteiger partial charge in [-0.25, -0.2) is 0 Å². The molecule has 0 saturated heterocycles. The van der Waals surface area contributed by atoms with Crippen molar-refractivity contribution in [3.63, 3.8) is 0 Å². The zero-order valence-electron chi connectivity index (χ0n) is 11.6. The molecule has 7 nitrogen and oxygen atoms in total. The molecule has 2 rings (SSSR count). The van der Waals surface area contributed by atoms with Crippen molar-refractivity contribution < 1.29 is 24.3 Å². The Labute approximate surface area is 130 Å². The van der Waals surface area contributed by atoms with Crippen LogP contribution in [0.4, 0.5) is 0 Å². The number of benzene rings is 1. The summed E-state index contributed by atoms with van der Waals surface area (Å²) in [4.78, 5) is 47.0. The molecule has 8 heteroatoms. The maximum atomic E-state index is 12.1. The molecule has 0 saturated carbocycles. The number of rotatable bonds is 7. The van der Waals surface area contributed by atoms with Crippen LogP contribution in [0.25, 0.3) is 0 Å². The van der Waals surface area contributed by atoms with Crippen molar-refractivity contribution in [2.45, 2.75) is 0 Å². The maximum absolute atomic E-state index is 12.1. The molecule has 1 aromatic carbocycles. The Morgan fingerprint density at radius 3 is 2.23 bits per heavy atom. The molecule has 1 aliphatic rings. The van der Waals surface area contributed by atoms with Gasteiger partial charge in [-0.3, -0.25) is 24.1 Å². The van der Waals surface area contributed by atoms with E-state index in [-0.39, 0.29) is 42.3 Å². The van der Waals surface area contributed by atoms with E-state index in [0.29, 0.717) is 11.1 Å². The molecule has 1 heterocycles. The lowest BCUT2D eigenvalue weighted by molar-refractivity contribution is -0.133. The highest BCUT2D eigenvalue weighted by atomic mass is 32.2. The van der Waals surface area contributed by atoms with Crippen LogP contribution in [0.15, 0.2) is 24.3 Å². The molecule has 0 aromatic heterocycles. The summed E-state index contributed by atoms with van der Waals surface area (Å²) in [6.07, 6.45) is 0. The van der Waals surface area contributed by atoms with E-state index in [9.17, 15) is 19.2 Å². The first-order chi connectivity index (χ1) is 10.5. The Morgan fingerprint density at radius 1 is 1.09 bits per heavy atom. The number of hydrogen-bond donors (Lipinski definition) is 2. The summed E-state index contributed by atoms with van der Waals surface area (Å²) in [6.45, 7) is 0.222. The minimum atomic E-state index is -0.983. The summed E-state index contributed by atoms with van der Waals surface area (Å²) in [7, 11) is 0. The predicted molar refractivity (Wildman–Crippen MR) is 79.8 cm³/mol. The Kier molecular flexibility index (Phi) is 5.16. The highest BCUT2D eigenvalue weighted by molar-refractivity contribution is 8.00. The van der Waals surface area contributed by atoms with Crippen LogP contribution < -0.4 is 5.32 Å². The number of nitrogens with one attached hydrogen (secondary N) is 1. The number of imide groups is 1. The summed E-state index contributed by atoms with van der Waals surface area (Å²) in [6, 6.07) is 6.57. The number of hydrogen-bond acceptors (Lipinski definition) is 5. The van der Waals surface area contributed by atoms with Gasteiger partial charge in [-0.05, 0) is 12.1 Å². The summed E-state index contributed by atoms with van der Waals surface area (Å²) in [5, 5.41) is 11.0. The fourth-order valence-electron chi connectivity index (χ4n) is 2.03. The first kappa shape index (κ1) is 16.0. The van der Waals surface area contributed by atoms with Crippen molar-refractivity contribution in [3.8, 4) is 0 Å². The van der Waals surface area contributed by atoms with Gasteiger partial charge in [0, 0.05) is 13.1 Å². The second-order valence-electron chi connectivity index (χ2n) is 4.54. The molecule has 2 N–H and O–H groups in total. The van der Waals surface area contributed by atoms with Gasteiger partial charge < -0.3 is 10.4 Å². The van der Waals surface area contributed by atoms with Crippen LogP contribution in [0.2, 0.25) is 0 Å². The molecule has 1 aromatic rings. The van der Waals surface area contributed by atoms with Crippen molar-refractivity contribution in [2.75, 3.05) is 24.6 Å². The third-order valence-electron chi connectivity index (χ3n) is 2.99. The van der Waals surface area contributed by atoms with Crippen LogP contribution in [-0.4, -0.2) is 58.3 Å². The van der Waals surface area contributed by atoms with E-state index in [1.807, 2.05) is 0 Å². The molecule has 0 atom stereocenters. The monoisotopic (exact) mass is 322 g/mol. The highest BCUT2D eigenvalue weighted by Crippen LogP contribution is 2.21. The number of carbonyl (C=O) groups excluding carboxylic acids is 3. The maximum Gasteiger partial charge on any atom is 0.313 e. The van der Waals surface area contributed by atoms with E-state index in [4.69, 9.17) is 5.11 Å². The molecule has 0 bridgehead atoms. The van der Waals surface area contributed by atoms with Gasteiger partial charge in [0.25, 0.3) is 11.8 Å². The molecule has 1 aliphatic heterocycles. The number of carboxylic acids is 1. The minimum absolute atomic E-state index is 0.0222. The van der Waals surface area contributed by atoms with Crippen molar-refractivity contribution in [3.05, 3.63) is 35.4 Å². The fourth-order valence-corrected chi connectivity index (χ4v) is 2.60. The first-order valence-corrected chi connectivity index (χ1v) is 7.67. The number of carbonyl (C=O) groups is 4. The zero-order valence-corrected chi connectivity index (χ0v) is 12.4. The number of fused-ring (bicyclic) bond motifs is 1. The van der Waals surface area contributed by atoms with Crippen LogP contribution in [-0.2, 0) is 9.59 Å². The summed E-state index contributed by atoms with van der Waals surface area (Å²) in [5.74, 6) is -2.17. The summed E-state index contributed by atoms with van der Waals surface area (Å²) >= 11 is 0.984. The number of thioether (sulfide) groups is 1. The summed E-state index contributed by atoms with van der Waals surface area (Å²) in [5.41, 5.74) is 0.742. The fraction of sp³-hybridized carbons (Fsp3) is 0.286. The van der Waals surface area contributed by atoms with Gasteiger partial charge in [-0.15, -0.1) is 11.8 Å². The quantitative estimate of drug-likeness (QED) is 0.696. The molecule has 0 spiro atoms. The average molecular weight is 322 g/mol. The van der Waals surface area contributed by atoms with Crippen LogP contribution in [0.3, 0.4) is 0 Å². The highest BCUT2D eigenvalue weighted by Gasteiger charge is 2.34. The minimum Gasteiger partial charge on any atom is -0.481 e. The van der Waals surface area contributed by atoms with Crippen LogP contribution in [0, 0.1) is 0 Å². The van der Waals surface area contributed by atoms with E-state index >= 15 is 0 Å². The van der Waals surface area contributed by atoms with Gasteiger partial charge in [0.2, 0.25) is 5.91 Å². The smallest absolute Gasteiger partial charge is 0.313 e. The molecule has 116 valence electrons. The van der Waals surface area contributed by atoms with E-state index in [0.717, 1.165) is 16.7 Å². The Bertz CT molecular complexity index is 596. The lowest BCUT2D eigenvalue weighted by atomic mass is 10.1. The van der Waals surface area contributed by atoms with E-state index in [1.54, 1.807) is 24.3 Å². The number of carboxylic acid groups (broad SMARTS) is 1. The van der Waals surface area contributed by atoms with Gasteiger partial charge in [0.15, 0.2) is 0 Å². The number of amides is 3. The Hall–Kier alpha value is -2.35. The van der Waals surface area contributed by atoms with E-state index < -0.39 is 5.97 Å². The van der Waals surface area contributed by atoms with Gasteiger partial charge in [0.05, 0.1) is 22.6 Å². The molecule has 0 fully saturated rings. The second-order valence-corrected chi connectivity index (χ2v) is 5.53. The summed E-state index contributed by atoms with van der Waals surface area (Å²) < 4.78 is 0. The van der Waals surface area contributed by atoms with Crippen molar-refractivity contribution in [1.82, 2.24) is 10.2 Å². The topological polar surface area (TPSA) is 104 Å². The van der Waals surface area contributed by atoms with Crippen molar-refractivity contribution in [2.24, 2.45) is 0 Å². The molecular weight excluding hydrogens is 308 g/mol. The Morgan fingerprint density at radius 2 is 1.68 bits per heavy atom. The average Bonchev–Trinajstić information content (AvgIpc) is 2.72. The van der Waals surface area contributed by atoms with Crippen LogP contribution >= 0.6 is 11.8 Å². The molecule has 0 unspecified atom stereocenters. The molecule has 22 heavy (non-hydrogen) atoms. The molecule has 3 amide bonds. The number of nitrogens with zero attached hydrogens (tertiary/aromatic N) is 1. The normalized spacial score (nSPS) is 13.2. The largest absolute Gasteiger partial charge is 0.481 e. The van der Waals surface area contributed by atoms with Gasteiger partial charge in [-0.1, -0.05) is 12.1 Å². The molecule has 0 radical (unpaired) electrons. The first-order valence-electron chi connectivity index (χ1n) is 6.52. The van der Waals surface area contributed by atoms with E-state index in [2.05, 4.69) is 5.32 Å². The standard InChI is InChI=1S/C14H14N2O5S/c17-11(7-22-8-12(18)19)15-5-6-16-13(20)9-3-1-2-4-10(9)14(16)21/h1-4H,5-8H2,(H,15,17)(H,18,19). The second kappa shape index (κ2) is 7.08. The van der Waals surface area contributed by atoms with Gasteiger partial charge in [-0.2, -0.15) is 0 Å². The van der Waals surface area contributed by atoms with Crippen LogP contribution in [0.5, 0.6) is 0 Å². The van der Waals surface area contributed by atoms with Crippen LogP contribution in [0.1, 0.15) is 20.7 Å². The third kappa shape index (κ3) is 3.64. The van der Waals surface area contributed by atoms with Crippen molar-refractivity contribution in [1.29, 1.82) is 0 Å². The molecule has 0 aliphatic carbocycles. The van der Waals surface area contributed by atoms with Gasteiger partial charge in [0.1, 0.15) is 0 Å². The lowest BCUT2D eigenvalue weighted by Crippen LogP contribution is -2.38. The zero-order chi connectivity index (χ0) is 16.1. The lowest BCUT2D eigenvalue weighted by Gasteiger charge is -2.14. The number of aliphatic carboxylic acids is 1. The predicted octanol–water partition coefficient (Wildman–Crippen LogP) is 0.217. The van der Waals surface area contributed by atoms with E-state index in [1.165, 1.54) is 0 Å². The Balaban J connectivity index is 1.79. The third-order valence-corrected chi connectivity index (χ3v) is 3.91. The van der Waals surface area contributed by atoms with Gasteiger partial charge >= 0.3 is 5.97 Å². The SMILES string of the molecule is O=C(O)CSCC(=O)NCCN1C(=O)c2ccccc2C1=O. The molecular formula is C14H14N2O5S.